The van der Waals surface area contributed by atoms with Crippen LogP contribution in [0.25, 0.3) is 16.9 Å². The van der Waals surface area contributed by atoms with Gasteiger partial charge in [-0.05, 0) is 37.5 Å². The van der Waals surface area contributed by atoms with Gasteiger partial charge in [0.2, 0.25) is 0 Å². The molecule has 4 rings (SSSR count). The van der Waals surface area contributed by atoms with Gasteiger partial charge in [0.25, 0.3) is 5.91 Å². The number of rotatable bonds is 2. The lowest BCUT2D eigenvalue weighted by molar-refractivity contribution is -0.142. The van der Waals surface area contributed by atoms with Crippen LogP contribution in [-0.2, 0) is 6.18 Å². The third-order valence-electron chi connectivity index (χ3n) is 4.81. The first-order valence-electron chi connectivity index (χ1n) is 8.97. The Kier molecular flexibility index (Phi) is 5.29. The molecular weight excluding hydrogens is 473 g/mol. The quantitative estimate of drug-likeness (QED) is 0.482. The lowest BCUT2D eigenvalue weighted by atomic mass is 10.1. The topological polar surface area (TPSA) is 50.5 Å². The second kappa shape index (κ2) is 7.60. The van der Waals surface area contributed by atoms with Crippen LogP contribution in [0.2, 0.25) is 5.02 Å². The highest BCUT2D eigenvalue weighted by molar-refractivity contribution is 9.10. The van der Waals surface area contributed by atoms with E-state index in [9.17, 15) is 18.0 Å². The second-order valence-electron chi connectivity index (χ2n) is 6.78. The van der Waals surface area contributed by atoms with E-state index in [2.05, 4.69) is 26.0 Å². The molecule has 0 unspecified atom stereocenters. The van der Waals surface area contributed by atoms with Crippen molar-refractivity contribution in [3.63, 3.8) is 0 Å². The highest BCUT2D eigenvalue weighted by Crippen LogP contribution is 2.35. The van der Waals surface area contributed by atoms with Crippen molar-refractivity contribution < 1.29 is 18.0 Å². The predicted octanol–water partition coefficient (Wildman–Crippen LogP) is 5.46. The summed E-state index contributed by atoms with van der Waals surface area (Å²) in [6.45, 7) is 1.07. The molecule has 1 fully saturated rings. The fourth-order valence-corrected chi connectivity index (χ4v) is 3.85. The smallest absolute Gasteiger partial charge is 0.337 e. The van der Waals surface area contributed by atoms with Gasteiger partial charge in [-0.1, -0.05) is 39.7 Å². The van der Waals surface area contributed by atoms with E-state index < -0.39 is 17.8 Å². The van der Waals surface area contributed by atoms with E-state index in [0.717, 1.165) is 29.8 Å². The summed E-state index contributed by atoms with van der Waals surface area (Å²) in [6, 6.07) is 7.62. The van der Waals surface area contributed by atoms with Crippen molar-refractivity contribution >= 4 is 39.1 Å². The normalized spacial score (nSPS) is 15.1. The maximum absolute atomic E-state index is 13.7. The third kappa shape index (κ3) is 3.85. The molecule has 1 aliphatic rings. The summed E-state index contributed by atoms with van der Waals surface area (Å²) in [5.41, 5.74) is -0.863. The fraction of sp³-hybridized carbons (Fsp3) is 0.316. The van der Waals surface area contributed by atoms with Crippen LogP contribution in [0, 0.1) is 0 Å². The maximum atomic E-state index is 13.7. The standard InChI is InChI=1S/C19H15BrClF3N4O/c20-12-6-4-11(5-7-12)13-10-14(19(22,23)24)28-17(25-13)15(21)16(26-28)18(29)27-8-2-1-3-9-27/h4-7,10H,1-3,8-9H2. The molecule has 2 aromatic heterocycles. The Bertz CT molecular complexity index is 1080. The van der Waals surface area contributed by atoms with E-state index in [1.165, 1.54) is 0 Å². The molecule has 3 aromatic rings. The number of likely N-dealkylation sites (tertiary alicyclic amines) is 1. The summed E-state index contributed by atoms with van der Waals surface area (Å²) in [4.78, 5) is 18.6. The Hall–Kier alpha value is -2.13. The molecule has 0 atom stereocenters. The largest absolute Gasteiger partial charge is 0.433 e. The molecule has 0 bridgehead atoms. The number of carbonyl (C=O) groups excluding carboxylic acids is 1. The van der Waals surface area contributed by atoms with Gasteiger partial charge >= 0.3 is 6.18 Å². The number of nitrogens with zero attached hydrogens (tertiary/aromatic N) is 4. The summed E-state index contributed by atoms with van der Waals surface area (Å²) in [5, 5.41) is 3.73. The molecule has 1 amide bonds. The molecule has 3 heterocycles. The number of alkyl halides is 3. The molecule has 0 spiro atoms. The average Bonchev–Trinajstić information content (AvgIpc) is 3.04. The van der Waals surface area contributed by atoms with Crippen molar-refractivity contribution in [1.29, 1.82) is 0 Å². The SMILES string of the molecule is O=C(c1nn2c(C(F)(F)F)cc(-c3ccc(Br)cc3)nc2c1Cl)N1CCCCC1. The van der Waals surface area contributed by atoms with Crippen LogP contribution in [0.3, 0.4) is 0 Å². The molecule has 152 valence electrons. The first-order chi connectivity index (χ1) is 13.8. The molecule has 0 aliphatic carbocycles. The van der Waals surface area contributed by atoms with Crippen molar-refractivity contribution in [1.82, 2.24) is 19.5 Å². The van der Waals surface area contributed by atoms with Gasteiger partial charge < -0.3 is 4.90 Å². The molecule has 5 nitrogen and oxygen atoms in total. The monoisotopic (exact) mass is 486 g/mol. The van der Waals surface area contributed by atoms with E-state index in [-0.39, 0.29) is 22.1 Å². The number of aromatic nitrogens is 3. The van der Waals surface area contributed by atoms with Gasteiger partial charge in [0.1, 0.15) is 5.02 Å². The fourth-order valence-electron chi connectivity index (χ4n) is 3.35. The van der Waals surface area contributed by atoms with Gasteiger partial charge in [0.05, 0.1) is 5.69 Å². The Morgan fingerprint density at radius 2 is 1.76 bits per heavy atom. The number of hydrogen-bond donors (Lipinski definition) is 0. The van der Waals surface area contributed by atoms with Crippen molar-refractivity contribution in [3.05, 3.63) is 51.2 Å². The maximum Gasteiger partial charge on any atom is 0.433 e. The number of benzene rings is 1. The van der Waals surface area contributed by atoms with Crippen molar-refractivity contribution in [3.8, 4) is 11.3 Å². The number of amides is 1. The molecule has 1 aliphatic heterocycles. The molecule has 1 aromatic carbocycles. The van der Waals surface area contributed by atoms with Gasteiger partial charge in [-0.3, -0.25) is 4.79 Å². The van der Waals surface area contributed by atoms with Gasteiger partial charge in [-0.15, -0.1) is 0 Å². The molecule has 10 heteroatoms. The lowest BCUT2D eigenvalue weighted by Gasteiger charge is -2.25. The van der Waals surface area contributed by atoms with Gasteiger partial charge in [-0.25, -0.2) is 9.50 Å². The zero-order valence-electron chi connectivity index (χ0n) is 15.0. The van der Waals surface area contributed by atoms with Crippen molar-refractivity contribution in [2.45, 2.75) is 25.4 Å². The molecule has 29 heavy (non-hydrogen) atoms. The Balaban J connectivity index is 1.88. The number of halogens is 5. The van der Waals surface area contributed by atoms with Crippen LogP contribution >= 0.6 is 27.5 Å². The van der Waals surface area contributed by atoms with E-state index in [1.54, 1.807) is 29.2 Å². The van der Waals surface area contributed by atoms with Crippen LogP contribution in [0.5, 0.6) is 0 Å². The van der Waals surface area contributed by atoms with Gasteiger partial charge in [-0.2, -0.15) is 18.3 Å². The predicted molar refractivity (Wildman–Crippen MR) is 106 cm³/mol. The van der Waals surface area contributed by atoms with Crippen LogP contribution < -0.4 is 0 Å². The minimum atomic E-state index is -4.70. The summed E-state index contributed by atoms with van der Waals surface area (Å²) in [6.07, 6.45) is -2.00. The number of fused-ring (bicyclic) bond motifs is 1. The van der Waals surface area contributed by atoms with E-state index in [1.807, 2.05) is 0 Å². The summed E-state index contributed by atoms with van der Waals surface area (Å²) in [5.74, 6) is -0.474. The second-order valence-corrected chi connectivity index (χ2v) is 8.08. The molecule has 0 saturated carbocycles. The van der Waals surface area contributed by atoms with E-state index in [4.69, 9.17) is 11.6 Å². The van der Waals surface area contributed by atoms with E-state index in [0.29, 0.717) is 23.2 Å². The summed E-state index contributed by atoms with van der Waals surface area (Å²) >= 11 is 9.60. The van der Waals surface area contributed by atoms with Gasteiger partial charge in [0, 0.05) is 23.1 Å². The third-order valence-corrected chi connectivity index (χ3v) is 5.69. The summed E-state index contributed by atoms with van der Waals surface area (Å²) < 4.78 is 42.6. The lowest BCUT2D eigenvalue weighted by Crippen LogP contribution is -2.36. The van der Waals surface area contributed by atoms with E-state index >= 15 is 0 Å². The van der Waals surface area contributed by atoms with Crippen molar-refractivity contribution in [2.24, 2.45) is 0 Å². The molecule has 1 saturated heterocycles. The highest BCUT2D eigenvalue weighted by Gasteiger charge is 2.37. The van der Waals surface area contributed by atoms with Crippen LogP contribution in [-0.4, -0.2) is 38.5 Å². The Morgan fingerprint density at radius 1 is 1.10 bits per heavy atom. The zero-order chi connectivity index (χ0) is 20.8. The van der Waals surface area contributed by atoms with Crippen LogP contribution in [0.15, 0.2) is 34.8 Å². The summed E-state index contributed by atoms with van der Waals surface area (Å²) in [7, 11) is 0. The zero-order valence-corrected chi connectivity index (χ0v) is 17.4. The molecule has 0 radical (unpaired) electrons. The molecular formula is C19H15BrClF3N4O. The highest BCUT2D eigenvalue weighted by atomic mass is 79.9. The first-order valence-corrected chi connectivity index (χ1v) is 10.1. The van der Waals surface area contributed by atoms with Crippen molar-refractivity contribution in [2.75, 3.05) is 13.1 Å². The Morgan fingerprint density at radius 3 is 2.38 bits per heavy atom. The van der Waals surface area contributed by atoms with Gasteiger partial charge in [0.15, 0.2) is 17.0 Å². The first kappa shape index (κ1) is 20.2. The minimum absolute atomic E-state index is 0.0936. The minimum Gasteiger partial charge on any atom is -0.337 e. The average molecular weight is 488 g/mol. The number of hydrogen-bond acceptors (Lipinski definition) is 3. The Labute approximate surface area is 177 Å². The molecule has 0 N–H and O–H groups in total. The number of carbonyl (C=O) groups is 1. The van der Waals surface area contributed by atoms with Crippen LogP contribution in [0.4, 0.5) is 13.2 Å². The van der Waals surface area contributed by atoms with Crippen LogP contribution in [0.1, 0.15) is 35.4 Å². The number of piperidine rings is 1.